The third-order valence-electron chi connectivity index (χ3n) is 4.08. The molecule has 1 aromatic heterocycles. The van der Waals surface area contributed by atoms with Gasteiger partial charge in [-0.1, -0.05) is 81.5 Å². The lowest BCUT2D eigenvalue weighted by molar-refractivity contribution is 0.0710. The predicted molar refractivity (Wildman–Crippen MR) is 101 cm³/mol. The Morgan fingerprint density at radius 1 is 1.08 bits per heavy atom. The molecule has 0 fully saturated rings. The Bertz CT molecular complexity index is 548. The van der Waals surface area contributed by atoms with E-state index in [2.05, 4.69) is 52.9 Å². The summed E-state index contributed by atoms with van der Waals surface area (Å²) < 4.78 is 8.18. The molecule has 0 aliphatic carbocycles. The van der Waals surface area contributed by atoms with Crippen LogP contribution in [0.3, 0.4) is 0 Å². The maximum absolute atomic E-state index is 6.11. The van der Waals surface area contributed by atoms with Crippen LogP contribution in [0.1, 0.15) is 51.0 Å². The smallest absolute Gasteiger partial charge is 0.0946 e. The van der Waals surface area contributed by atoms with Crippen LogP contribution in [0.5, 0.6) is 0 Å². The molecule has 1 unspecified atom stereocenters. The number of nitrogens with zero attached hydrogens (tertiary/aromatic N) is 2. The monoisotopic (exact) mass is 326 g/mol. The van der Waals surface area contributed by atoms with Crippen LogP contribution in [0.15, 0.2) is 55.1 Å². The Labute approximate surface area is 146 Å². The first-order chi connectivity index (χ1) is 11.9. The minimum atomic E-state index is 0.0787. The summed E-state index contributed by atoms with van der Waals surface area (Å²) in [5, 5.41) is 0. The second kappa shape index (κ2) is 11.6. The fourth-order valence-electron chi connectivity index (χ4n) is 2.67. The van der Waals surface area contributed by atoms with Gasteiger partial charge in [-0.2, -0.15) is 0 Å². The molecule has 0 spiro atoms. The standard InChI is InChI=1S/C21H30N2O/c1-2-3-4-5-6-10-17-24-21(18-23-16-15-22-19-23)14-13-20-11-8-7-9-12-20/h7-9,11-16,19,21H,2-6,10,17-18H2,1H3. The molecule has 0 aliphatic heterocycles. The van der Waals surface area contributed by atoms with Gasteiger partial charge in [-0.15, -0.1) is 0 Å². The maximum Gasteiger partial charge on any atom is 0.0946 e. The number of ether oxygens (including phenoxy) is 1. The molecule has 2 aromatic rings. The second-order valence-corrected chi connectivity index (χ2v) is 6.21. The zero-order valence-corrected chi connectivity index (χ0v) is 14.8. The van der Waals surface area contributed by atoms with Crippen molar-refractivity contribution in [1.82, 2.24) is 9.55 Å². The Hall–Kier alpha value is -1.87. The average molecular weight is 326 g/mol. The van der Waals surface area contributed by atoms with Crippen molar-refractivity contribution >= 4 is 6.08 Å². The first-order valence-electron chi connectivity index (χ1n) is 9.19. The van der Waals surface area contributed by atoms with E-state index in [0.717, 1.165) is 19.6 Å². The van der Waals surface area contributed by atoms with Crippen molar-refractivity contribution in [1.29, 1.82) is 0 Å². The Balaban J connectivity index is 1.78. The molecule has 2 rings (SSSR count). The topological polar surface area (TPSA) is 27.1 Å². The van der Waals surface area contributed by atoms with E-state index >= 15 is 0 Å². The third kappa shape index (κ3) is 7.60. The molecule has 0 bridgehead atoms. The molecule has 0 radical (unpaired) electrons. The molecule has 24 heavy (non-hydrogen) atoms. The number of imidazole rings is 1. The van der Waals surface area contributed by atoms with E-state index in [1.54, 1.807) is 0 Å². The third-order valence-corrected chi connectivity index (χ3v) is 4.08. The quantitative estimate of drug-likeness (QED) is 0.492. The summed E-state index contributed by atoms with van der Waals surface area (Å²) >= 11 is 0. The SMILES string of the molecule is CCCCCCCCOC(C=Cc1ccccc1)Cn1ccnc1. The molecule has 130 valence electrons. The first-order valence-corrected chi connectivity index (χ1v) is 9.19. The van der Waals surface area contributed by atoms with Crippen LogP contribution < -0.4 is 0 Å². The van der Waals surface area contributed by atoms with Gasteiger partial charge in [-0.3, -0.25) is 0 Å². The summed E-state index contributed by atoms with van der Waals surface area (Å²) in [6, 6.07) is 10.4. The Kier molecular flexibility index (Phi) is 8.95. The maximum atomic E-state index is 6.11. The lowest BCUT2D eigenvalue weighted by Crippen LogP contribution is -2.17. The van der Waals surface area contributed by atoms with Gasteiger partial charge in [0.25, 0.3) is 0 Å². The predicted octanol–water partition coefficient (Wildman–Crippen LogP) is 5.34. The van der Waals surface area contributed by atoms with E-state index in [0.29, 0.717) is 0 Å². The Morgan fingerprint density at radius 2 is 1.88 bits per heavy atom. The van der Waals surface area contributed by atoms with Crippen molar-refractivity contribution in [3.63, 3.8) is 0 Å². The van der Waals surface area contributed by atoms with Crippen LogP contribution >= 0.6 is 0 Å². The van der Waals surface area contributed by atoms with Gasteiger partial charge in [-0.25, -0.2) is 4.98 Å². The van der Waals surface area contributed by atoms with E-state index in [-0.39, 0.29) is 6.10 Å². The average Bonchev–Trinajstić information content (AvgIpc) is 3.12. The molecule has 1 aromatic carbocycles. The molecular formula is C21H30N2O. The molecule has 0 amide bonds. The number of unbranched alkanes of at least 4 members (excludes halogenated alkanes) is 5. The highest BCUT2D eigenvalue weighted by Crippen LogP contribution is 2.09. The van der Waals surface area contributed by atoms with Gasteiger partial charge in [0, 0.05) is 19.0 Å². The molecule has 1 heterocycles. The number of benzene rings is 1. The van der Waals surface area contributed by atoms with Crippen molar-refractivity contribution in [2.75, 3.05) is 6.61 Å². The molecule has 0 N–H and O–H groups in total. The largest absolute Gasteiger partial charge is 0.372 e. The van der Waals surface area contributed by atoms with Crippen LogP contribution in [-0.2, 0) is 11.3 Å². The lowest BCUT2D eigenvalue weighted by atomic mass is 10.1. The lowest BCUT2D eigenvalue weighted by Gasteiger charge is -2.15. The Morgan fingerprint density at radius 3 is 2.62 bits per heavy atom. The molecule has 3 nitrogen and oxygen atoms in total. The van der Waals surface area contributed by atoms with E-state index in [1.165, 1.54) is 37.7 Å². The van der Waals surface area contributed by atoms with Gasteiger partial charge in [0.05, 0.1) is 19.0 Å². The van der Waals surface area contributed by atoms with E-state index in [9.17, 15) is 0 Å². The number of hydrogen-bond donors (Lipinski definition) is 0. The zero-order chi connectivity index (χ0) is 16.9. The molecule has 0 aliphatic rings. The van der Waals surface area contributed by atoms with Crippen LogP contribution in [0.4, 0.5) is 0 Å². The highest BCUT2D eigenvalue weighted by Gasteiger charge is 2.06. The fraction of sp³-hybridized carbons (Fsp3) is 0.476. The zero-order valence-electron chi connectivity index (χ0n) is 14.8. The fourth-order valence-corrected chi connectivity index (χ4v) is 2.67. The van der Waals surface area contributed by atoms with Crippen LogP contribution in [0, 0.1) is 0 Å². The van der Waals surface area contributed by atoms with Gasteiger partial charge < -0.3 is 9.30 Å². The van der Waals surface area contributed by atoms with Crippen molar-refractivity contribution < 1.29 is 4.74 Å². The van der Waals surface area contributed by atoms with Gasteiger partial charge in [-0.05, 0) is 12.0 Å². The van der Waals surface area contributed by atoms with Crippen molar-refractivity contribution in [2.45, 2.75) is 58.1 Å². The summed E-state index contributed by atoms with van der Waals surface area (Å²) in [4.78, 5) is 4.12. The van der Waals surface area contributed by atoms with Crippen molar-refractivity contribution in [2.24, 2.45) is 0 Å². The molecule has 0 saturated carbocycles. The minimum Gasteiger partial charge on any atom is -0.372 e. The van der Waals surface area contributed by atoms with Crippen molar-refractivity contribution in [3.05, 3.63) is 60.7 Å². The number of rotatable bonds is 12. The number of hydrogen-bond acceptors (Lipinski definition) is 2. The van der Waals surface area contributed by atoms with Crippen molar-refractivity contribution in [3.8, 4) is 0 Å². The summed E-state index contributed by atoms with van der Waals surface area (Å²) in [5.41, 5.74) is 1.20. The molecule has 1 atom stereocenters. The molecular weight excluding hydrogens is 296 g/mol. The van der Waals surface area contributed by atoms with Crippen LogP contribution in [-0.4, -0.2) is 22.3 Å². The number of aromatic nitrogens is 2. The van der Waals surface area contributed by atoms with Gasteiger partial charge >= 0.3 is 0 Å². The highest BCUT2D eigenvalue weighted by molar-refractivity contribution is 5.49. The summed E-state index contributed by atoms with van der Waals surface area (Å²) in [5.74, 6) is 0. The minimum absolute atomic E-state index is 0.0787. The summed E-state index contributed by atoms with van der Waals surface area (Å²) in [6.45, 7) is 3.88. The van der Waals surface area contributed by atoms with Gasteiger partial charge in [0.1, 0.15) is 0 Å². The molecule has 0 saturated heterocycles. The second-order valence-electron chi connectivity index (χ2n) is 6.21. The van der Waals surface area contributed by atoms with E-state index in [1.807, 2.05) is 24.8 Å². The molecule has 3 heteroatoms. The normalized spacial score (nSPS) is 12.7. The van der Waals surface area contributed by atoms with E-state index in [4.69, 9.17) is 4.74 Å². The van der Waals surface area contributed by atoms with Crippen LogP contribution in [0.2, 0.25) is 0 Å². The van der Waals surface area contributed by atoms with Crippen LogP contribution in [0.25, 0.3) is 6.08 Å². The van der Waals surface area contributed by atoms with Gasteiger partial charge in [0.2, 0.25) is 0 Å². The first kappa shape index (κ1) is 18.5. The highest BCUT2D eigenvalue weighted by atomic mass is 16.5. The van der Waals surface area contributed by atoms with Gasteiger partial charge in [0.15, 0.2) is 0 Å². The summed E-state index contributed by atoms with van der Waals surface area (Å²) in [7, 11) is 0. The summed E-state index contributed by atoms with van der Waals surface area (Å²) in [6.07, 6.45) is 17.7. The van der Waals surface area contributed by atoms with E-state index < -0.39 is 0 Å².